The minimum atomic E-state index is -0.636. The van der Waals surface area contributed by atoms with Crippen molar-refractivity contribution in [2.24, 2.45) is 0 Å². The Kier molecular flexibility index (Phi) is 3.58. The Morgan fingerprint density at radius 1 is 1.40 bits per heavy atom. The van der Waals surface area contributed by atoms with Crippen LogP contribution in [-0.4, -0.2) is 11.7 Å². The molecule has 1 aromatic rings. The maximum atomic E-state index is 11.0. The Hall–Kier alpha value is -2.15. The third kappa shape index (κ3) is 2.92. The number of nitrogens with one attached hydrogen (secondary N) is 1. The van der Waals surface area contributed by atoms with Crippen LogP contribution in [0, 0.1) is 11.3 Å². The first-order valence-corrected chi connectivity index (χ1v) is 4.42. The summed E-state index contributed by atoms with van der Waals surface area (Å²) >= 11 is 0. The van der Waals surface area contributed by atoms with Crippen molar-refractivity contribution in [3.8, 4) is 6.07 Å². The van der Waals surface area contributed by atoms with Gasteiger partial charge in [-0.15, -0.1) is 0 Å². The highest BCUT2D eigenvalue weighted by Crippen LogP contribution is 2.06. The molecule has 1 rings (SSSR count). The molecule has 4 nitrogen and oxygen atoms in total. The first-order chi connectivity index (χ1) is 7.15. The van der Waals surface area contributed by atoms with Gasteiger partial charge in [-0.3, -0.25) is 9.59 Å². The van der Waals surface area contributed by atoms with E-state index in [-0.39, 0.29) is 6.54 Å². The Labute approximate surface area is 87.5 Å². The van der Waals surface area contributed by atoms with Crippen LogP contribution in [0.25, 0.3) is 0 Å². The summed E-state index contributed by atoms with van der Waals surface area (Å²) in [6.45, 7) is 1.40. The van der Waals surface area contributed by atoms with Gasteiger partial charge in [0.15, 0.2) is 0 Å². The highest BCUT2D eigenvalue weighted by atomic mass is 16.2. The fraction of sp³-hybridized carbons (Fsp3) is 0.182. The van der Waals surface area contributed by atoms with E-state index < -0.39 is 11.7 Å². The number of carbonyl (C=O) groups is 2. The maximum Gasteiger partial charge on any atom is 0.287 e. The summed E-state index contributed by atoms with van der Waals surface area (Å²) in [4.78, 5) is 21.6. The summed E-state index contributed by atoms with van der Waals surface area (Å²) in [6.07, 6.45) is 0. The van der Waals surface area contributed by atoms with Crippen molar-refractivity contribution < 1.29 is 9.59 Å². The summed E-state index contributed by atoms with van der Waals surface area (Å²) in [6, 6.07) is 8.93. The molecule has 76 valence electrons. The Bertz CT molecular complexity index is 432. The molecular formula is C11H10N2O2. The first kappa shape index (κ1) is 10.9. The first-order valence-electron chi connectivity index (χ1n) is 4.42. The highest BCUT2D eigenvalue weighted by Gasteiger charge is 2.07. The molecule has 15 heavy (non-hydrogen) atoms. The van der Waals surface area contributed by atoms with Crippen molar-refractivity contribution in [3.05, 3.63) is 35.4 Å². The molecular weight excluding hydrogens is 192 g/mol. The van der Waals surface area contributed by atoms with Crippen molar-refractivity contribution in [1.82, 2.24) is 5.32 Å². The summed E-state index contributed by atoms with van der Waals surface area (Å²) < 4.78 is 0. The lowest BCUT2D eigenvalue weighted by atomic mass is 10.1. The van der Waals surface area contributed by atoms with Gasteiger partial charge in [0.2, 0.25) is 5.78 Å². The van der Waals surface area contributed by atoms with E-state index in [2.05, 4.69) is 5.32 Å². The van der Waals surface area contributed by atoms with Crippen LogP contribution >= 0.6 is 0 Å². The smallest absolute Gasteiger partial charge is 0.287 e. The molecule has 0 spiro atoms. The molecule has 0 atom stereocenters. The zero-order valence-electron chi connectivity index (χ0n) is 8.28. The van der Waals surface area contributed by atoms with Gasteiger partial charge in [0, 0.05) is 13.5 Å². The van der Waals surface area contributed by atoms with E-state index in [1.807, 2.05) is 6.07 Å². The van der Waals surface area contributed by atoms with E-state index in [9.17, 15) is 9.59 Å². The number of ketones is 1. The molecule has 0 unspecified atom stereocenters. The average molecular weight is 202 g/mol. The van der Waals surface area contributed by atoms with E-state index in [0.717, 1.165) is 0 Å². The summed E-state index contributed by atoms with van der Waals surface area (Å²) in [5.74, 6) is -1.17. The lowest BCUT2D eigenvalue weighted by molar-refractivity contribution is -0.136. The Morgan fingerprint density at radius 2 is 2.07 bits per heavy atom. The molecule has 0 aliphatic rings. The molecule has 0 heterocycles. The molecule has 1 aromatic carbocycles. The van der Waals surface area contributed by atoms with Crippen LogP contribution in [0.5, 0.6) is 0 Å². The Balaban J connectivity index is 2.70. The van der Waals surface area contributed by atoms with Crippen molar-refractivity contribution in [3.63, 3.8) is 0 Å². The number of benzene rings is 1. The number of rotatable bonds is 3. The van der Waals surface area contributed by atoms with Gasteiger partial charge in [-0.25, -0.2) is 0 Å². The maximum absolute atomic E-state index is 11.0. The van der Waals surface area contributed by atoms with Crippen molar-refractivity contribution in [2.45, 2.75) is 13.5 Å². The molecule has 0 aliphatic heterocycles. The molecule has 0 aliphatic carbocycles. The molecule has 0 bridgehead atoms. The van der Waals surface area contributed by atoms with Crippen molar-refractivity contribution in [1.29, 1.82) is 5.26 Å². The number of nitrogens with zero attached hydrogens (tertiary/aromatic N) is 1. The second-order valence-electron chi connectivity index (χ2n) is 3.01. The zero-order chi connectivity index (χ0) is 11.3. The van der Waals surface area contributed by atoms with Crippen molar-refractivity contribution >= 4 is 11.7 Å². The second kappa shape index (κ2) is 4.91. The Morgan fingerprint density at radius 3 is 2.67 bits per heavy atom. The lowest BCUT2D eigenvalue weighted by Gasteiger charge is -2.04. The van der Waals surface area contributed by atoms with Crippen LogP contribution < -0.4 is 5.32 Å². The second-order valence-corrected chi connectivity index (χ2v) is 3.01. The third-order valence-corrected chi connectivity index (χ3v) is 1.90. The number of carbonyl (C=O) groups excluding carboxylic acids is 2. The zero-order valence-corrected chi connectivity index (χ0v) is 8.28. The lowest BCUT2D eigenvalue weighted by Crippen LogP contribution is -2.28. The molecule has 0 radical (unpaired) electrons. The van der Waals surface area contributed by atoms with Gasteiger partial charge in [0.25, 0.3) is 5.91 Å². The summed E-state index contributed by atoms with van der Waals surface area (Å²) in [7, 11) is 0. The predicted octanol–water partition coefficient (Wildman–Crippen LogP) is 0.763. The highest BCUT2D eigenvalue weighted by molar-refractivity contribution is 6.35. The molecule has 0 saturated heterocycles. The van der Waals surface area contributed by atoms with Crippen LogP contribution in [0.15, 0.2) is 24.3 Å². The van der Waals surface area contributed by atoms with Gasteiger partial charge >= 0.3 is 0 Å². The number of nitriles is 1. The van der Waals surface area contributed by atoms with Crippen molar-refractivity contribution in [2.75, 3.05) is 0 Å². The van der Waals surface area contributed by atoms with E-state index >= 15 is 0 Å². The van der Waals surface area contributed by atoms with Crippen LogP contribution in [-0.2, 0) is 16.1 Å². The van der Waals surface area contributed by atoms with E-state index in [4.69, 9.17) is 5.26 Å². The van der Waals surface area contributed by atoms with Crippen LogP contribution in [0.4, 0.5) is 0 Å². The van der Waals surface area contributed by atoms with Gasteiger partial charge in [0.1, 0.15) is 0 Å². The minimum Gasteiger partial charge on any atom is -0.345 e. The molecule has 1 N–H and O–H groups in total. The molecule has 1 amide bonds. The minimum absolute atomic E-state index is 0.197. The number of Topliss-reactive ketones (excluding diaryl/α,β-unsaturated/α-hetero) is 1. The third-order valence-electron chi connectivity index (χ3n) is 1.90. The van der Waals surface area contributed by atoms with Crippen LogP contribution in [0.1, 0.15) is 18.1 Å². The molecule has 0 aromatic heterocycles. The fourth-order valence-electron chi connectivity index (χ4n) is 1.08. The molecule has 4 heteroatoms. The number of hydrogen-bond acceptors (Lipinski definition) is 3. The fourth-order valence-corrected chi connectivity index (χ4v) is 1.08. The standard InChI is InChI=1S/C11H10N2O2/c1-8(14)11(15)13-7-10-5-3-2-4-9(10)6-12/h2-5H,7H2,1H3,(H,13,15). The normalized spacial score (nSPS) is 9.07. The average Bonchev–Trinajstić information content (AvgIpc) is 2.26. The SMILES string of the molecule is CC(=O)C(=O)NCc1ccccc1C#N. The summed E-state index contributed by atoms with van der Waals surface area (Å²) in [5.41, 5.74) is 1.20. The van der Waals surface area contributed by atoms with E-state index in [1.165, 1.54) is 6.92 Å². The number of amides is 1. The van der Waals surface area contributed by atoms with Crippen LogP contribution in [0.2, 0.25) is 0 Å². The van der Waals surface area contributed by atoms with Crippen LogP contribution in [0.3, 0.4) is 0 Å². The van der Waals surface area contributed by atoms with Gasteiger partial charge in [0.05, 0.1) is 11.6 Å². The predicted molar refractivity (Wildman–Crippen MR) is 53.7 cm³/mol. The van der Waals surface area contributed by atoms with Gasteiger partial charge in [-0.05, 0) is 11.6 Å². The monoisotopic (exact) mass is 202 g/mol. The van der Waals surface area contributed by atoms with Gasteiger partial charge < -0.3 is 5.32 Å². The summed E-state index contributed by atoms with van der Waals surface area (Å²) in [5, 5.41) is 11.2. The number of hydrogen-bond donors (Lipinski definition) is 1. The molecule has 0 saturated carbocycles. The van der Waals surface area contributed by atoms with E-state index in [0.29, 0.717) is 11.1 Å². The molecule has 0 fully saturated rings. The largest absolute Gasteiger partial charge is 0.345 e. The van der Waals surface area contributed by atoms with Gasteiger partial charge in [-0.2, -0.15) is 5.26 Å². The van der Waals surface area contributed by atoms with Gasteiger partial charge in [-0.1, -0.05) is 18.2 Å². The quantitative estimate of drug-likeness (QED) is 0.736. The topological polar surface area (TPSA) is 70.0 Å². The van der Waals surface area contributed by atoms with E-state index in [1.54, 1.807) is 24.3 Å².